The van der Waals surface area contributed by atoms with Crippen LogP contribution in [0.5, 0.6) is 0 Å². The number of amides is 5. The van der Waals surface area contributed by atoms with Crippen molar-refractivity contribution in [2.45, 2.75) is 58.5 Å². The maximum Gasteiger partial charge on any atom is 0.410 e. The van der Waals surface area contributed by atoms with Gasteiger partial charge in [0, 0.05) is 32.7 Å². The molecule has 0 N–H and O–H groups in total. The Kier molecular flexibility index (Phi) is 6.80. The predicted molar refractivity (Wildman–Crippen MR) is 109 cm³/mol. The van der Waals surface area contributed by atoms with Gasteiger partial charge in [-0.25, -0.2) is 14.5 Å². The lowest BCUT2D eigenvalue weighted by Crippen LogP contribution is -2.53. The molecule has 9 heteroatoms. The van der Waals surface area contributed by atoms with Gasteiger partial charge in [-0.15, -0.1) is 0 Å². The number of ether oxygens (including phenoxy) is 1. The third-order valence-corrected chi connectivity index (χ3v) is 5.54. The quantitative estimate of drug-likeness (QED) is 0.385. The van der Waals surface area contributed by atoms with Crippen molar-refractivity contribution in [2.75, 3.05) is 39.4 Å². The lowest BCUT2D eigenvalue weighted by molar-refractivity contribution is -0.144. The Labute approximate surface area is 177 Å². The number of carbonyl (C=O) groups excluding carboxylic acids is 4. The van der Waals surface area contributed by atoms with E-state index < -0.39 is 23.4 Å². The van der Waals surface area contributed by atoms with Crippen LogP contribution in [0, 0.1) is 0 Å². The van der Waals surface area contributed by atoms with Crippen molar-refractivity contribution in [2.24, 2.45) is 0 Å². The molecule has 1 aliphatic carbocycles. The molecule has 0 aromatic carbocycles. The largest absolute Gasteiger partial charge is 0.444 e. The summed E-state index contributed by atoms with van der Waals surface area (Å²) in [6, 6.07) is -0.545. The number of piperazine rings is 1. The van der Waals surface area contributed by atoms with Crippen LogP contribution in [0.3, 0.4) is 0 Å². The molecule has 2 aliphatic heterocycles. The number of urea groups is 1. The van der Waals surface area contributed by atoms with E-state index in [2.05, 4.69) is 6.08 Å². The number of hydrogen-bond acceptors (Lipinski definition) is 6. The summed E-state index contributed by atoms with van der Waals surface area (Å²) in [6.07, 6.45) is 6.79. The second kappa shape index (κ2) is 9.16. The SMILES string of the molecule is CC(C)(C)OC(=O)N1CCN(CN2C(=O)C(=O)N(CCC3=CCCCC3)C2=O)CC1. The van der Waals surface area contributed by atoms with E-state index in [0.29, 0.717) is 32.6 Å². The standard InChI is InChI=1S/C21H32N4O5/c1-21(2,3)30-20(29)23-13-11-22(12-14-23)15-25-18(27)17(26)24(19(25)28)10-9-16-7-5-4-6-8-16/h7H,4-6,8-15H2,1-3H3. The number of imide groups is 2. The van der Waals surface area contributed by atoms with Gasteiger partial charge < -0.3 is 9.64 Å². The minimum absolute atomic E-state index is 0.0603. The van der Waals surface area contributed by atoms with E-state index in [1.165, 1.54) is 12.0 Å². The fourth-order valence-electron chi connectivity index (χ4n) is 3.86. The second-order valence-electron chi connectivity index (χ2n) is 9.06. The van der Waals surface area contributed by atoms with Crippen molar-refractivity contribution in [1.29, 1.82) is 0 Å². The first-order chi connectivity index (χ1) is 14.2. The number of carbonyl (C=O) groups is 4. The topological polar surface area (TPSA) is 90.5 Å². The number of hydrogen-bond donors (Lipinski definition) is 0. The lowest BCUT2D eigenvalue weighted by Gasteiger charge is -2.36. The summed E-state index contributed by atoms with van der Waals surface area (Å²) >= 11 is 0. The molecule has 0 atom stereocenters. The van der Waals surface area contributed by atoms with E-state index in [1.807, 2.05) is 25.7 Å². The lowest BCUT2D eigenvalue weighted by atomic mass is 9.97. The fraction of sp³-hybridized carbons (Fsp3) is 0.714. The maximum absolute atomic E-state index is 12.7. The number of rotatable bonds is 5. The Morgan fingerprint density at radius 3 is 2.27 bits per heavy atom. The molecule has 3 aliphatic rings. The molecule has 5 amide bonds. The molecule has 2 heterocycles. The van der Waals surface area contributed by atoms with Crippen molar-refractivity contribution in [3.63, 3.8) is 0 Å². The van der Waals surface area contributed by atoms with Gasteiger partial charge in [-0.1, -0.05) is 11.6 Å². The summed E-state index contributed by atoms with van der Waals surface area (Å²) in [6.45, 7) is 7.64. The molecule has 166 valence electrons. The van der Waals surface area contributed by atoms with Crippen LogP contribution < -0.4 is 0 Å². The first kappa shape index (κ1) is 22.3. The summed E-state index contributed by atoms with van der Waals surface area (Å²) in [5.41, 5.74) is 0.700. The Bertz CT molecular complexity index is 734. The summed E-state index contributed by atoms with van der Waals surface area (Å²) in [5.74, 6) is -1.52. The van der Waals surface area contributed by atoms with Gasteiger partial charge >= 0.3 is 23.9 Å². The van der Waals surface area contributed by atoms with Crippen LogP contribution in [0.1, 0.15) is 52.9 Å². The number of nitrogens with zero attached hydrogens (tertiary/aromatic N) is 4. The molecular formula is C21H32N4O5. The van der Waals surface area contributed by atoms with Crippen LogP contribution in [-0.4, -0.2) is 88.5 Å². The van der Waals surface area contributed by atoms with Crippen molar-refractivity contribution < 1.29 is 23.9 Å². The van der Waals surface area contributed by atoms with Gasteiger partial charge in [-0.3, -0.25) is 19.4 Å². The molecule has 0 aromatic heterocycles. The zero-order chi connectivity index (χ0) is 21.9. The van der Waals surface area contributed by atoms with Crippen LogP contribution >= 0.6 is 0 Å². The highest BCUT2D eigenvalue weighted by Crippen LogP contribution is 2.22. The first-order valence-corrected chi connectivity index (χ1v) is 10.7. The van der Waals surface area contributed by atoms with Gasteiger partial charge in [0.05, 0.1) is 6.67 Å². The Morgan fingerprint density at radius 1 is 1.00 bits per heavy atom. The molecule has 30 heavy (non-hydrogen) atoms. The van der Waals surface area contributed by atoms with Gasteiger partial charge in [-0.05, 0) is 52.9 Å². The van der Waals surface area contributed by atoms with Crippen molar-refractivity contribution >= 4 is 23.9 Å². The zero-order valence-corrected chi connectivity index (χ0v) is 18.2. The van der Waals surface area contributed by atoms with Gasteiger partial charge in [-0.2, -0.15) is 0 Å². The average Bonchev–Trinajstić information content (AvgIpc) is 2.90. The molecule has 2 fully saturated rings. The Morgan fingerprint density at radius 2 is 1.67 bits per heavy atom. The molecular weight excluding hydrogens is 388 g/mol. The van der Waals surface area contributed by atoms with Gasteiger partial charge in [0.2, 0.25) is 0 Å². The fourth-order valence-corrected chi connectivity index (χ4v) is 3.86. The maximum atomic E-state index is 12.7. The molecule has 9 nitrogen and oxygen atoms in total. The summed E-state index contributed by atoms with van der Waals surface area (Å²) in [5, 5.41) is 0. The predicted octanol–water partition coefficient (Wildman–Crippen LogP) is 2.18. The van der Waals surface area contributed by atoms with E-state index in [4.69, 9.17) is 4.74 Å². The molecule has 2 saturated heterocycles. The minimum atomic E-state index is -0.771. The third-order valence-electron chi connectivity index (χ3n) is 5.54. The van der Waals surface area contributed by atoms with Crippen molar-refractivity contribution in [3.8, 4) is 0 Å². The van der Waals surface area contributed by atoms with Gasteiger partial charge in [0.25, 0.3) is 0 Å². The van der Waals surface area contributed by atoms with Crippen LogP contribution in [0.4, 0.5) is 9.59 Å². The van der Waals surface area contributed by atoms with E-state index in [9.17, 15) is 19.2 Å². The summed E-state index contributed by atoms with van der Waals surface area (Å²) in [7, 11) is 0. The van der Waals surface area contributed by atoms with Crippen LogP contribution in [0.15, 0.2) is 11.6 Å². The highest BCUT2D eigenvalue weighted by molar-refractivity contribution is 6.44. The van der Waals surface area contributed by atoms with Crippen molar-refractivity contribution in [1.82, 2.24) is 19.6 Å². The molecule has 0 saturated carbocycles. The van der Waals surface area contributed by atoms with Crippen LogP contribution in [0.25, 0.3) is 0 Å². The van der Waals surface area contributed by atoms with E-state index in [-0.39, 0.29) is 19.3 Å². The molecule has 0 radical (unpaired) electrons. The van der Waals surface area contributed by atoms with E-state index in [1.54, 1.807) is 4.90 Å². The first-order valence-electron chi connectivity index (χ1n) is 10.7. The summed E-state index contributed by atoms with van der Waals surface area (Å²) in [4.78, 5) is 55.1. The number of allylic oxidation sites excluding steroid dienone is 1. The van der Waals surface area contributed by atoms with Crippen LogP contribution in [0.2, 0.25) is 0 Å². The summed E-state index contributed by atoms with van der Waals surface area (Å²) < 4.78 is 5.38. The molecule has 3 rings (SSSR count). The van der Waals surface area contributed by atoms with Gasteiger partial charge in [0.15, 0.2) is 0 Å². The third kappa shape index (κ3) is 5.38. The van der Waals surface area contributed by atoms with E-state index in [0.717, 1.165) is 29.1 Å². The highest BCUT2D eigenvalue weighted by atomic mass is 16.6. The zero-order valence-electron chi connectivity index (χ0n) is 18.2. The average molecular weight is 421 g/mol. The van der Waals surface area contributed by atoms with E-state index >= 15 is 0 Å². The monoisotopic (exact) mass is 420 g/mol. The molecule has 0 spiro atoms. The molecule has 0 bridgehead atoms. The van der Waals surface area contributed by atoms with Crippen LogP contribution in [-0.2, 0) is 14.3 Å². The molecule has 0 aromatic rings. The Hall–Kier alpha value is -2.42. The normalized spacial score (nSPS) is 21.4. The second-order valence-corrected chi connectivity index (χ2v) is 9.06. The minimum Gasteiger partial charge on any atom is -0.444 e. The van der Waals surface area contributed by atoms with Gasteiger partial charge in [0.1, 0.15) is 5.60 Å². The molecule has 0 unspecified atom stereocenters. The Balaban J connectivity index is 1.50. The highest BCUT2D eigenvalue weighted by Gasteiger charge is 2.45. The van der Waals surface area contributed by atoms with Crippen molar-refractivity contribution in [3.05, 3.63) is 11.6 Å². The smallest absolute Gasteiger partial charge is 0.410 e.